The summed E-state index contributed by atoms with van der Waals surface area (Å²) in [5.74, 6) is 1.37. The van der Waals surface area contributed by atoms with Gasteiger partial charge in [0.25, 0.3) is 0 Å². The third kappa shape index (κ3) is 3.87. The number of carbonyl (C=O) groups excluding carboxylic acids is 2. The van der Waals surface area contributed by atoms with E-state index in [2.05, 4.69) is 10.6 Å². The van der Waals surface area contributed by atoms with Crippen molar-refractivity contribution in [3.63, 3.8) is 0 Å². The molecule has 0 bridgehead atoms. The number of nitrogens with one attached hydrogen (secondary N) is 2. The molecular formula is C30H26N4O4. The van der Waals surface area contributed by atoms with Gasteiger partial charge in [0, 0.05) is 33.9 Å². The van der Waals surface area contributed by atoms with Crippen molar-refractivity contribution in [1.29, 1.82) is 0 Å². The maximum absolute atomic E-state index is 13.7. The Labute approximate surface area is 220 Å². The Morgan fingerprint density at radius 1 is 0.553 bits per heavy atom. The second kappa shape index (κ2) is 9.48. The van der Waals surface area contributed by atoms with E-state index in [1.54, 1.807) is 24.0 Å². The summed E-state index contributed by atoms with van der Waals surface area (Å²) >= 11 is 0. The standard InChI is InChI=1S/C30H26N4O4/c1-37-21-15-11-19(12-16-21)33-27(23-7-3-5-9-25(23)31-29(33)35)28-24-8-4-6-10-26(24)32-30(36)34(28)20-13-17-22(38-2)18-14-20/h3-18,27-28H,1-2H3,(H,31,35)(H,32,36). The van der Waals surface area contributed by atoms with Gasteiger partial charge in [-0.2, -0.15) is 0 Å². The third-order valence-corrected chi connectivity index (χ3v) is 7.04. The summed E-state index contributed by atoms with van der Waals surface area (Å²) in [7, 11) is 3.21. The molecule has 0 saturated heterocycles. The first-order valence-electron chi connectivity index (χ1n) is 12.3. The molecule has 0 radical (unpaired) electrons. The number of rotatable bonds is 5. The van der Waals surface area contributed by atoms with E-state index in [0.29, 0.717) is 34.2 Å². The van der Waals surface area contributed by atoms with Gasteiger partial charge in [-0.3, -0.25) is 9.80 Å². The van der Waals surface area contributed by atoms with Crippen LogP contribution in [0.1, 0.15) is 23.2 Å². The van der Waals surface area contributed by atoms with Gasteiger partial charge in [-0.15, -0.1) is 0 Å². The first kappa shape index (κ1) is 23.4. The van der Waals surface area contributed by atoms with Crippen LogP contribution in [0.2, 0.25) is 0 Å². The molecule has 2 N–H and O–H groups in total. The van der Waals surface area contributed by atoms with Crippen molar-refractivity contribution in [3.8, 4) is 11.5 Å². The van der Waals surface area contributed by atoms with Crippen molar-refractivity contribution in [1.82, 2.24) is 0 Å². The molecule has 2 heterocycles. The molecule has 4 aromatic carbocycles. The molecule has 8 nitrogen and oxygen atoms in total. The molecule has 38 heavy (non-hydrogen) atoms. The number of carbonyl (C=O) groups is 2. The minimum Gasteiger partial charge on any atom is -0.497 e. The number of ether oxygens (including phenoxy) is 2. The van der Waals surface area contributed by atoms with E-state index in [-0.39, 0.29) is 12.1 Å². The normalized spacial score (nSPS) is 18.2. The van der Waals surface area contributed by atoms with Gasteiger partial charge in [-0.25, -0.2) is 9.59 Å². The summed E-state index contributed by atoms with van der Waals surface area (Å²) in [5.41, 5.74) is 4.59. The number of fused-ring (bicyclic) bond motifs is 2. The average molecular weight is 507 g/mol. The minimum atomic E-state index is -0.539. The van der Waals surface area contributed by atoms with E-state index in [1.165, 1.54) is 0 Å². The van der Waals surface area contributed by atoms with E-state index in [9.17, 15) is 9.59 Å². The number of nitrogens with zero attached hydrogens (tertiary/aromatic N) is 2. The highest BCUT2D eigenvalue weighted by atomic mass is 16.5. The molecule has 2 atom stereocenters. The number of methoxy groups -OCH3 is 2. The van der Waals surface area contributed by atoms with Gasteiger partial charge in [-0.05, 0) is 60.7 Å². The zero-order chi connectivity index (χ0) is 26.2. The fourth-order valence-electron chi connectivity index (χ4n) is 5.28. The van der Waals surface area contributed by atoms with Crippen molar-refractivity contribution in [3.05, 3.63) is 108 Å². The van der Waals surface area contributed by atoms with E-state index >= 15 is 0 Å². The van der Waals surface area contributed by atoms with Crippen molar-refractivity contribution >= 4 is 34.8 Å². The fraction of sp³-hybridized carbons (Fsp3) is 0.133. The number of urea groups is 2. The summed E-state index contributed by atoms with van der Waals surface area (Å²) in [6.07, 6.45) is 0. The lowest BCUT2D eigenvalue weighted by atomic mass is 9.86. The third-order valence-electron chi connectivity index (χ3n) is 7.04. The van der Waals surface area contributed by atoms with Crippen LogP contribution < -0.4 is 29.9 Å². The van der Waals surface area contributed by atoms with Crippen LogP contribution in [-0.2, 0) is 0 Å². The molecule has 8 heteroatoms. The number of hydrogen-bond donors (Lipinski definition) is 2. The Hall–Kier alpha value is -4.98. The first-order chi connectivity index (χ1) is 18.6. The molecule has 2 unspecified atom stereocenters. The van der Waals surface area contributed by atoms with Gasteiger partial charge in [0.15, 0.2) is 0 Å². The van der Waals surface area contributed by atoms with Gasteiger partial charge in [-0.1, -0.05) is 36.4 Å². The SMILES string of the molecule is COc1ccc(N2C(=O)Nc3ccccc3C2C2c3ccccc3NC(=O)N2c2ccc(OC)cc2)cc1. The molecule has 0 saturated carbocycles. The highest BCUT2D eigenvalue weighted by molar-refractivity contribution is 6.08. The number of amides is 4. The zero-order valence-electron chi connectivity index (χ0n) is 20.9. The Kier molecular flexibility index (Phi) is 5.84. The van der Waals surface area contributed by atoms with Gasteiger partial charge >= 0.3 is 12.1 Å². The second-order valence-corrected chi connectivity index (χ2v) is 9.06. The van der Waals surface area contributed by atoms with Gasteiger partial charge in [0.2, 0.25) is 0 Å². The number of anilines is 4. The summed E-state index contributed by atoms with van der Waals surface area (Å²) < 4.78 is 10.7. The van der Waals surface area contributed by atoms with Crippen LogP contribution in [0.5, 0.6) is 11.5 Å². The van der Waals surface area contributed by atoms with Crippen molar-refractivity contribution in [2.75, 3.05) is 34.7 Å². The van der Waals surface area contributed by atoms with E-state index < -0.39 is 12.1 Å². The maximum Gasteiger partial charge on any atom is 0.326 e. The molecule has 0 spiro atoms. The molecule has 4 amide bonds. The predicted molar refractivity (Wildman–Crippen MR) is 147 cm³/mol. The fourth-order valence-corrected chi connectivity index (χ4v) is 5.28. The van der Waals surface area contributed by atoms with Crippen LogP contribution in [0.3, 0.4) is 0 Å². The van der Waals surface area contributed by atoms with Crippen LogP contribution in [0.15, 0.2) is 97.1 Å². The Bertz CT molecular complexity index is 1390. The highest BCUT2D eigenvalue weighted by Crippen LogP contribution is 2.50. The highest BCUT2D eigenvalue weighted by Gasteiger charge is 2.46. The summed E-state index contributed by atoms with van der Waals surface area (Å²) in [6.45, 7) is 0. The zero-order valence-corrected chi connectivity index (χ0v) is 20.9. The summed E-state index contributed by atoms with van der Waals surface area (Å²) in [6, 6.07) is 28.5. The molecule has 0 fully saturated rings. The van der Waals surface area contributed by atoms with E-state index in [4.69, 9.17) is 9.47 Å². The molecular weight excluding hydrogens is 480 g/mol. The quantitative estimate of drug-likeness (QED) is 0.320. The topological polar surface area (TPSA) is 83.1 Å². The van der Waals surface area contributed by atoms with E-state index in [0.717, 1.165) is 11.1 Å². The smallest absolute Gasteiger partial charge is 0.326 e. The average Bonchev–Trinajstić information content (AvgIpc) is 2.96. The Morgan fingerprint density at radius 3 is 1.29 bits per heavy atom. The van der Waals surface area contributed by atoms with Crippen molar-refractivity contribution in [2.45, 2.75) is 12.1 Å². The van der Waals surface area contributed by atoms with Crippen LogP contribution in [0.25, 0.3) is 0 Å². The second-order valence-electron chi connectivity index (χ2n) is 9.06. The lowest BCUT2D eigenvalue weighted by Crippen LogP contribution is -2.52. The molecule has 190 valence electrons. The Balaban J connectivity index is 1.59. The summed E-state index contributed by atoms with van der Waals surface area (Å²) in [5, 5.41) is 6.06. The van der Waals surface area contributed by atoms with Crippen molar-refractivity contribution < 1.29 is 19.1 Å². The van der Waals surface area contributed by atoms with Crippen LogP contribution in [0.4, 0.5) is 32.3 Å². The number of hydrogen-bond acceptors (Lipinski definition) is 4. The maximum atomic E-state index is 13.7. The molecule has 4 aromatic rings. The lowest BCUT2D eigenvalue weighted by Gasteiger charge is -2.47. The molecule has 6 rings (SSSR count). The van der Waals surface area contributed by atoms with Crippen LogP contribution in [0, 0.1) is 0 Å². The van der Waals surface area contributed by atoms with Crippen LogP contribution >= 0.6 is 0 Å². The Morgan fingerprint density at radius 2 is 0.921 bits per heavy atom. The molecule has 2 aliphatic heterocycles. The van der Waals surface area contributed by atoms with Gasteiger partial charge < -0.3 is 20.1 Å². The predicted octanol–water partition coefficient (Wildman–Crippen LogP) is 6.59. The molecule has 0 aliphatic carbocycles. The lowest BCUT2D eigenvalue weighted by molar-refractivity contribution is 0.246. The van der Waals surface area contributed by atoms with Crippen molar-refractivity contribution in [2.24, 2.45) is 0 Å². The molecule has 0 aromatic heterocycles. The monoisotopic (exact) mass is 506 g/mol. The minimum absolute atomic E-state index is 0.281. The number of para-hydroxylation sites is 2. The van der Waals surface area contributed by atoms with Crippen LogP contribution in [-0.4, -0.2) is 26.3 Å². The summed E-state index contributed by atoms with van der Waals surface area (Å²) in [4.78, 5) is 30.9. The van der Waals surface area contributed by atoms with Gasteiger partial charge in [0.1, 0.15) is 11.5 Å². The largest absolute Gasteiger partial charge is 0.497 e. The van der Waals surface area contributed by atoms with Gasteiger partial charge in [0.05, 0.1) is 26.3 Å². The molecule has 2 aliphatic rings. The number of benzene rings is 4. The first-order valence-corrected chi connectivity index (χ1v) is 12.3. The van der Waals surface area contributed by atoms with E-state index in [1.807, 2.05) is 97.1 Å².